The van der Waals surface area contributed by atoms with Crippen molar-refractivity contribution in [3.63, 3.8) is 0 Å². The Kier molecular flexibility index (Phi) is 5.60. The van der Waals surface area contributed by atoms with Crippen LogP contribution in [0.1, 0.15) is 52.4 Å². The molecule has 0 aliphatic heterocycles. The van der Waals surface area contributed by atoms with E-state index in [4.69, 9.17) is 0 Å². The van der Waals surface area contributed by atoms with Gasteiger partial charge < -0.3 is 9.47 Å². The molecule has 1 heterocycles. The van der Waals surface area contributed by atoms with E-state index >= 15 is 0 Å². The van der Waals surface area contributed by atoms with Gasteiger partial charge in [-0.25, -0.2) is 4.99 Å². The van der Waals surface area contributed by atoms with Crippen LogP contribution in [0.25, 0.3) is 0 Å². The quantitative estimate of drug-likeness (QED) is 0.437. The molecule has 0 atom stereocenters. The van der Waals surface area contributed by atoms with Crippen LogP contribution in [0.3, 0.4) is 0 Å². The molecule has 4 heteroatoms. The predicted molar refractivity (Wildman–Crippen MR) is 108 cm³/mol. The van der Waals surface area contributed by atoms with E-state index in [-0.39, 0.29) is 5.78 Å². The van der Waals surface area contributed by atoms with Gasteiger partial charge in [-0.1, -0.05) is 0 Å². The van der Waals surface area contributed by atoms with E-state index in [9.17, 15) is 4.79 Å². The van der Waals surface area contributed by atoms with Crippen molar-refractivity contribution in [1.82, 2.24) is 9.47 Å². The SMILES string of the molecule is CCN(C)C=Nc1cc(C)c(C(=O)Cn2cc3c(c2)CCCC3)cc1C. The lowest BCUT2D eigenvalue weighted by Crippen LogP contribution is -2.14. The summed E-state index contributed by atoms with van der Waals surface area (Å²) in [4.78, 5) is 19.4. The maximum atomic E-state index is 12.9. The van der Waals surface area contributed by atoms with E-state index in [1.807, 2.05) is 44.3 Å². The molecule has 0 saturated carbocycles. The number of carbonyl (C=O) groups excluding carboxylic acids is 1. The molecule has 0 fully saturated rings. The van der Waals surface area contributed by atoms with E-state index in [1.54, 1.807) is 0 Å². The molecule has 1 aliphatic carbocycles. The Labute approximate surface area is 156 Å². The number of aryl methyl sites for hydroxylation is 4. The first kappa shape index (κ1) is 18.4. The molecule has 1 aromatic carbocycles. The number of hydrogen-bond acceptors (Lipinski definition) is 2. The van der Waals surface area contributed by atoms with Crippen LogP contribution in [0.15, 0.2) is 29.5 Å². The molecule has 1 aromatic heterocycles. The second kappa shape index (κ2) is 7.90. The van der Waals surface area contributed by atoms with Gasteiger partial charge in [-0.3, -0.25) is 4.79 Å². The molecule has 0 N–H and O–H groups in total. The highest BCUT2D eigenvalue weighted by Gasteiger charge is 2.15. The van der Waals surface area contributed by atoms with Crippen molar-refractivity contribution in [1.29, 1.82) is 0 Å². The fourth-order valence-corrected chi connectivity index (χ4v) is 3.51. The predicted octanol–water partition coefficient (Wildman–Crippen LogP) is 4.48. The Morgan fingerprint density at radius 3 is 2.42 bits per heavy atom. The molecule has 1 aliphatic rings. The van der Waals surface area contributed by atoms with Gasteiger partial charge in [0.15, 0.2) is 5.78 Å². The van der Waals surface area contributed by atoms with Gasteiger partial charge in [-0.15, -0.1) is 0 Å². The molecule has 2 aromatic rings. The molecule has 0 radical (unpaired) electrons. The number of aliphatic imine (C=N–C) groups is 1. The van der Waals surface area contributed by atoms with Gasteiger partial charge in [-0.05, 0) is 80.8 Å². The van der Waals surface area contributed by atoms with Gasteiger partial charge >= 0.3 is 0 Å². The third-order valence-electron chi connectivity index (χ3n) is 5.26. The normalized spacial score (nSPS) is 13.8. The molecule has 0 bridgehead atoms. The van der Waals surface area contributed by atoms with Crippen LogP contribution in [-0.2, 0) is 19.4 Å². The first-order valence-electron chi connectivity index (χ1n) is 9.54. The fourth-order valence-electron chi connectivity index (χ4n) is 3.51. The fraction of sp³-hybridized carbons (Fsp3) is 0.455. The topological polar surface area (TPSA) is 37.6 Å². The summed E-state index contributed by atoms with van der Waals surface area (Å²) in [5.41, 5.74) is 6.59. The van der Waals surface area contributed by atoms with Crippen molar-refractivity contribution in [2.45, 2.75) is 53.0 Å². The van der Waals surface area contributed by atoms with E-state index in [0.29, 0.717) is 6.54 Å². The Balaban J connectivity index is 1.78. The van der Waals surface area contributed by atoms with E-state index in [1.165, 1.54) is 24.0 Å². The number of Topliss-reactive ketones (excluding diaryl/α,β-unsaturated/α-hetero) is 1. The van der Waals surface area contributed by atoms with Crippen molar-refractivity contribution in [3.8, 4) is 0 Å². The summed E-state index contributed by atoms with van der Waals surface area (Å²) in [7, 11) is 2.00. The third kappa shape index (κ3) is 4.06. The Morgan fingerprint density at radius 1 is 1.15 bits per heavy atom. The van der Waals surface area contributed by atoms with Crippen molar-refractivity contribution < 1.29 is 4.79 Å². The van der Waals surface area contributed by atoms with Crippen molar-refractivity contribution in [2.24, 2.45) is 4.99 Å². The highest BCUT2D eigenvalue weighted by Crippen LogP contribution is 2.25. The highest BCUT2D eigenvalue weighted by molar-refractivity contribution is 5.98. The molecule has 3 rings (SSSR count). The second-order valence-electron chi connectivity index (χ2n) is 7.38. The summed E-state index contributed by atoms with van der Waals surface area (Å²) in [6.45, 7) is 7.43. The second-order valence-corrected chi connectivity index (χ2v) is 7.38. The van der Waals surface area contributed by atoms with Crippen molar-refractivity contribution in [3.05, 3.63) is 52.3 Å². The molecule has 0 unspecified atom stereocenters. The molecule has 0 amide bonds. The lowest BCUT2D eigenvalue weighted by Gasteiger charge is -2.12. The van der Waals surface area contributed by atoms with Crippen molar-refractivity contribution in [2.75, 3.05) is 13.6 Å². The van der Waals surface area contributed by atoms with Crippen LogP contribution in [0.2, 0.25) is 0 Å². The zero-order valence-electron chi connectivity index (χ0n) is 16.4. The van der Waals surface area contributed by atoms with Gasteiger partial charge in [0.1, 0.15) is 0 Å². The molecule has 138 valence electrons. The number of carbonyl (C=O) groups is 1. The van der Waals surface area contributed by atoms with Gasteiger partial charge in [0.05, 0.1) is 18.6 Å². The molecule has 0 spiro atoms. The molecular weight excluding hydrogens is 322 g/mol. The van der Waals surface area contributed by atoms with E-state index < -0.39 is 0 Å². The van der Waals surface area contributed by atoms with Crippen LogP contribution in [0.5, 0.6) is 0 Å². The number of fused-ring (bicyclic) bond motifs is 1. The average molecular weight is 351 g/mol. The minimum Gasteiger partial charge on any atom is -0.366 e. The van der Waals surface area contributed by atoms with Crippen LogP contribution in [0, 0.1) is 13.8 Å². The zero-order valence-corrected chi connectivity index (χ0v) is 16.4. The number of aromatic nitrogens is 1. The average Bonchev–Trinajstić information content (AvgIpc) is 3.03. The number of nitrogens with zero attached hydrogens (tertiary/aromatic N) is 3. The summed E-state index contributed by atoms with van der Waals surface area (Å²) in [6, 6.07) is 4.00. The van der Waals surface area contributed by atoms with Crippen molar-refractivity contribution >= 4 is 17.8 Å². The van der Waals surface area contributed by atoms with Crippen LogP contribution in [0.4, 0.5) is 5.69 Å². The monoisotopic (exact) mass is 351 g/mol. The van der Waals surface area contributed by atoms with Gasteiger partial charge in [-0.2, -0.15) is 0 Å². The zero-order chi connectivity index (χ0) is 18.7. The minimum atomic E-state index is 0.166. The molecular formula is C22H29N3O. The van der Waals surface area contributed by atoms with Gasteiger partial charge in [0, 0.05) is 31.5 Å². The van der Waals surface area contributed by atoms with E-state index in [2.05, 4.69) is 28.9 Å². The lowest BCUT2D eigenvalue weighted by molar-refractivity contribution is 0.0971. The summed E-state index contributed by atoms with van der Waals surface area (Å²) < 4.78 is 2.06. The van der Waals surface area contributed by atoms with Gasteiger partial charge in [0.25, 0.3) is 0 Å². The summed E-state index contributed by atoms with van der Waals surface area (Å²) in [6.07, 6.45) is 11.0. The van der Waals surface area contributed by atoms with E-state index in [0.717, 1.165) is 41.8 Å². The highest BCUT2D eigenvalue weighted by atomic mass is 16.1. The number of rotatable bonds is 6. The number of ketones is 1. The minimum absolute atomic E-state index is 0.166. The maximum absolute atomic E-state index is 12.9. The summed E-state index contributed by atoms with van der Waals surface area (Å²) in [5.74, 6) is 0.166. The Morgan fingerprint density at radius 2 is 1.81 bits per heavy atom. The van der Waals surface area contributed by atoms with Crippen LogP contribution >= 0.6 is 0 Å². The van der Waals surface area contributed by atoms with Crippen LogP contribution < -0.4 is 0 Å². The summed E-state index contributed by atoms with van der Waals surface area (Å²) >= 11 is 0. The first-order valence-corrected chi connectivity index (χ1v) is 9.54. The number of hydrogen-bond donors (Lipinski definition) is 0. The Bertz CT molecular complexity index is 809. The number of benzene rings is 1. The first-order chi connectivity index (χ1) is 12.5. The third-order valence-corrected chi connectivity index (χ3v) is 5.26. The van der Waals surface area contributed by atoms with Crippen LogP contribution in [-0.4, -0.2) is 35.2 Å². The Hall–Kier alpha value is -2.36. The maximum Gasteiger partial charge on any atom is 0.182 e. The summed E-state index contributed by atoms with van der Waals surface area (Å²) in [5, 5.41) is 0. The largest absolute Gasteiger partial charge is 0.366 e. The molecule has 26 heavy (non-hydrogen) atoms. The van der Waals surface area contributed by atoms with Gasteiger partial charge in [0.2, 0.25) is 0 Å². The lowest BCUT2D eigenvalue weighted by atomic mass is 9.96. The smallest absolute Gasteiger partial charge is 0.182 e. The standard InChI is InChI=1S/C22H29N3O/c1-5-24(4)15-23-21-11-16(2)20(10-17(21)3)22(26)14-25-12-18-8-6-7-9-19(18)13-25/h10-13,15H,5-9,14H2,1-4H3. The molecule has 4 nitrogen and oxygen atoms in total. The molecule has 0 saturated heterocycles.